The van der Waals surface area contributed by atoms with E-state index in [2.05, 4.69) is 60.7 Å². The molecule has 0 atom stereocenters. The van der Waals surface area contributed by atoms with Gasteiger partial charge in [-0.2, -0.15) is 0 Å². The Morgan fingerprint density at radius 3 is 1.41 bits per heavy atom. The quantitative estimate of drug-likeness (QED) is 0.172. The molecule has 0 aliphatic carbocycles. The monoisotopic (exact) mass is 492 g/mol. The fourth-order valence-electron chi connectivity index (χ4n) is 4.66. The molecule has 0 N–H and O–H groups in total. The van der Waals surface area contributed by atoms with E-state index in [4.69, 9.17) is 9.47 Å². The third kappa shape index (κ3) is 6.53. The van der Waals surface area contributed by atoms with Gasteiger partial charge in [0.1, 0.15) is 0 Å². The van der Waals surface area contributed by atoms with Crippen LogP contribution in [-0.4, -0.2) is 25.2 Å². The fourth-order valence-corrected chi connectivity index (χ4v) is 4.66. The van der Waals surface area contributed by atoms with Crippen LogP contribution < -0.4 is 0 Å². The van der Waals surface area contributed by atoms with Crippen molar-refractivity contribution in [3.63, 3.8) is 0 Å². The van der Waals surface area contributed by atoms with Crippen molar-refractivity contribution >= 4 is 45.6 Å². The predicted octanol–water partition coefficient (Wildman–Crippen LogP) is 7.32. The molecule has 0 spiro atoms. The Labute approximate surface area is 218 Å². The standard InChI is InChI=1S/C33H32O4/c1-3-36-32(34)22-20-26-18-16-24(28-12-5-7-14-30(26)28)10-9-11-25-17-19-27(21-23-33(35)37-4-2)31-15-8-6-13-29(25)31/h5-8,12-23H,3-4,9-11H2,1-2H3/b22-20+,23-21+. The number of carbonyl (C=O) groups is 2. The first-order chi connectivity index (χ1) is 18.1. The highest BCUT2D eigenvalue weighted by Gasteiger charge is 2.08. The SMILES string of the molecule is CCOC(=O)/C=C/c1ccc(CCCc2ccc(/C=C/C(=O)OCC)c3ccccc23)c2ccccc12. The summed E-state index contributed by atoms with van der Waals surface area (Å²) in [5, 5.41) is 4.67. The van der Waals surface area contributed by atoms with Crippen LogP contribution in [0.15, 0.2) is 84.9 Å². The van der Waals surface area contributed by atoms with Crippen molar-refractivity contribution in [3.05, 3.63) is 107 Å². The average molecular weight is 493 g/mol. The Hall–Kier alpha value is -4.18. The molecule has 4 aromatic carbocycles. The average Bonchev–Trinajstić information content (AvgIpc) is 2.92. The summed E-state index contributed by atoms with van der Waals surface area (Å²) in [6.07, 6.45) is 9.53. The lowest BCUT2D eigenvalue weighted by molar-refractivity contribution is -0.138. The number of carbonyl (C=O) groups excluding carboxylic acids is 2. The lowest BCUT2D eigenvalue weighted by atomic mass is 9.93. The number of ether oxygens (including phenoxy) is 2. The van der Waals surface area contributed by atoms with Gasteiger partial charge in [-0.3, -0.25) is 0 Å². The van der Waals surface area contributed by atoms with Crippen LogP contribution in [0.4, 0.5) is 0 Å². The Bertz CT molecular complexity index is 1350. The van der Waals surface area contributed by atoms with Crippen molar-refractivity contribution in [1.82, 2.24) is 0 Å². The number of fused-ring (bicyclic) bond motifs is 2. The maximum Gasteiger partial charge on any atom is 0.330 e. The molecule has 0 fully saturated rings. The van der Waals surface area contributed by atoms with Crippen LogP contribution in [0.2, 0.25) is 0 Å². The smallest absolute Gasteiger partial charge is 0.330 e. The van der Waals surface area contributed by atoms with E-state index in [1.807, 2.05) is 24.3 Å². The summed E-state index contributed by atoms with van der Waals surface area (Å²) >= 11 is 0. The summed E-state index contributed by atoms with van der Waals surface area (Å²) in [5.41, 5.74) is 4.60. The maximum atomic E-state index is 11.8. The molecule has 0 unspecified atom stereocenters. The van der Waals surface area contributed by atoms with Gasteiger partial charge in [-0.05, 0) is 89.1 Å². The minimum atomic E-state index is -0.328. The second kappa shape index (κ2) is 12.7. The van der Waals surface area contributed by atoms with Gasteiger partial charge in [-0.1, -0.05) is 72.8 Å². The minimum absolute atomic E-state index is 0.328. The molecule has 0 amide bonds. The molecule has 37 heavy (non-hydrogen) atoms. The first-order valence-corrected chi connectivity index (χ1v) is 12.8. The molecular formula is C33H32O4. The van der Waals surface area contributed by atoms with E-state index >= 15 is 0 Å². The highest BCUT2D eigenvalue weighted by Crippen LogP contribution is 2.28. The van der Waals surface area contributed by atoms with Crippen LogP contribution in [0.5, 0.6) is 0 Å². The van der Waals surface area contributed by atoms with E-state index < -0.39 is 0 Å². The van der Waals surface area contributed by atoms with Crippen LogP contribution in [0.3, 0.4) is 0 Å². The number of rotatable bonds is 10. The number of benzene rings is 4. The van der Waals surface area contributed by atoms with Crippen LogP contribution in [-0.2, 0) is 31.9 Å². The van der Waals surface area contributed by atoms with Gasteiger partial charge in [0.25, 0.3) is 0 Å². The lowest BCUT2D eigenvalue weighted by Gasteiger charge is -2.12. The van der Waals surface area contributed by atoms with E-state index in [9.17, 15) is 9.59 Å². The van der Waals surface area contributed by atoms with E-state index in [0.29, 0.717) is 13.2 Å². The summed E-state index contributed by atoms with van der Waals surface area (Å²) in [6.45, 7) is 4.34. The molecule has 4 rings (SSSR count). The number of aryl methyl sites for hydroxylation is 2. The van der Waals surface area contributed by atoms with Crippen LogP contribution in [0.1, 0.15) is 42.5 Å². The maximum absolute atomic E-state index is 11.8. The summed E-state index contributed by atoms with van der Waals surface area (Å²) in [5.74, 6) is -0.657. The third-order valence-corrected chi connectivity index (χ3v) is 6.36. The van der Waals surface area contributed by atoms with E-state index in [-0.39, 0.29) is 11.9 Å². The molecule has 0 heterocycles. The molecule has 4 aromatic rings. The van der Waals surface area contributed by atoms with Gasteiger partial charge >= 0.3 is 11.9 Å². The predicted molar refractivity (Wildman–Crippen MR) is 151 cm³/mol. The van der Waals surface area contributed by atoms with Gasteiger partial charge in [0.15, 0.2) is 0 Å². The van der Waals surface area contributed by atoms with Crippen molar-refractivity contribution < 1.29 is 19.1 Å². The third-order valence-electron chi connectivity index (χ3n) is 6.36. The van der Waals surface area contributed by atoms with E-state index in [0.717, 1.165) is 41.2 Å². The van der Waals surface area contributed by atoms with Crippen molar-refractivity contribution in [1.29, 1.82) is 0 Å². The topological polar surface area (TPSA) is 52.6 Å². The molecule has 0 aromatic heterocycles. The van der Waals surface area contributed by atoms with Gasteiger partial charge in [0.05, 0.1) is 13.2 Å². The molecule has 0 bridgehead atoms. The summed E-state index contributed by atoms with van der Waals surface area (Å²) in [7, 11) is 0. The second-order valence-electron chi connectivity index (χ2n) is 8.74. The van der Waals surface area contributed by atoms with E-state index in [1.165, 1.54) is 34.1 Å². The van der Waals surface area contributed by atoms with Crippen molar-refractivity contribution in [2.24, 2.45) is 0 Å². The second-order valence-corrected chi connectivity index (χ2v) is 8.74. The van der Waals surface area contributed by atoms with Crippen LogP contribution >= 0.6 is 0 Å². The summed E-state index contributed by atoms with van der Waals surface area (Å²) in [6, 6.07) is 25.1. The molecule has 4 heteroatoms. The van der Waals surface area contributed by atoms with Crippen molar-refractivity contribution in [3.8, 4) is 0 Å². The molecule has 188 valence electrons. The first kappa shape index (κ1) is 25.9. The molecular weight excluding hydrogens is 460 g/mol. The highest BCUT2D eigenvalue weighted by molar-refractivity contribution is 5.97. The molecule has 0 aliphatic rings. The number of esters is 2. The summed E-state index contributed by atoms with van der Waals surface area (Å²) < 4.78 is 10.0. The van der Waals surface area contributed by atoms with Gasteiger partial charge < -0.3 is 9.47 Å². The van der Waals surface area contributed by atoms with Gasteiger partial charge in [-0.25, -0.2) is 9.59 Å². The Morgan fingerprint density at radius 2 is 1.00 bits per heavy atom. The zero-order valence-corrected chi connectivity index (χ0v) is 21.4. The van der Waals surface area contributed by atoms with Crippen LogP contribution in [0.25, 0.3) is 33.7 Å². The fraction of sp³-hybridized carbons (Fsp3) is 0.212. The Morgan fingerprint density at radius 1 is 0.595 bits per heavy atom. The Kier molecular flexibility index (Phi) is 8.88. The zero-order chi connectivity index (χ0) is 26.0. The van der Waals surface area contributed by atoms with Gasteiger partial charge in [-0.15, -0.1) is 0 Å². The van der Waals surface area contributed by atoms with Gasteiger partial charge in [0.2, 0.25) is 0 Å². The molecule has 4 nitrogen and oxygen atoms in total. The van der Waals surface area contributed by atoms with Gasteiger partial charge in [0, 0.05) is 12.2 Å². The summed E-state index contributed by atoms with van der Waals surface area (Å²) in [4.78, 5) is 23.5. The largest absolute Gasteiger partial charge is 0.463 e. The molecule has 0 saturated carbocycles. The number of hydrogen-bond acceptors (Lipinski definition) is 4. The Balaban J connectivity index is 1.52. The molecule has 0 aliphatic heterocycles. The lowest BCUT2D eigenvalue weighted by Crippen LogP contribution is -1.99. The molecule has 0 radical (unpaired) electrons. The van der Waals surface area contributed by atoms with Crippen LogP contribution in [0, 0.1) is 0 Å². The van der Waals surface area contributed by atoms with Crippen molar-refractivity contribution in [2.45, 2.75) is 33.1 Å². The van der Waals surface area contributed by atoms with Crippen molar-refractivity contribution in [2.75, 3.05) is 13.2 Å². The first-order valence-electron chi connectivity index (χ1n) is 12.8. The minimum Gasteiger partial charge on any atom is -0.463 e. The normalized spacial score (nSPS) is 11.5. The van der Waals surface area contributed by atoms with E-state index in [1.54, 1.807) is 13.8 Å². The zero-order valence-electron chi connectivity index (χ0n) is 21.4. The highest BCUT2D eigenvalue weighted by atomic mass is 16.5. The number of hydrogen-bond donors (Lipinski definition) is 0. The molecule has 0 saturated heterocycles.